The van der Waals surface area contributed by atoms with Crippen molar-refractivity contribution in [2.45, 2.75) is 32.9 Å². The van der Waals surface area contributed by atoms with Crippen LogP contribution in [0.25, 0.3) is 10.9 Å². The number of ether oxygens (including phenoxy) is 1. The SMILES string of the molecule is COc1ccc(CCN(Cc2nc3ccccc3c(=O)[nH]2)C(C)C)cc1. The summed E-state index contributed by atoms with van der Waals surface area (Å²) >= 11 is 0. The first kappa shape index (κ1) is 18.1. The van der Waals surface area contributed by atoms with Gasteiger partial charge in [0.15, 0.2) is 0 Å². The fourth-order valence-corrected chi connectivity index (χ4v) is 2.99. The summed E-state index contributed by atoms with van der Waals surface area (Å²) in [5, 5.41) is 0.630. The molecule has 0 spiro atoms. The molecule has 0 aliphatic rings. The molecule has 1 heterocycles. The van der Waals surface area contributed by atoms with Crippen LogP contribution in [0.5, 0.6) is 5.75 Å². The van der Waals surface area contributed by atoms with Gasteiger partial charge in [-0.15, -0.1) is 0 Å². The first-order valence-corrected chi connectivity index (χ1v) is 8.91. The van der Waals surface area contributed by atoms with E-state index in [9.17, 15) is 4.79 Å². The molecule has 0 amide bonds. The molecule has 0 saturated carbocycles. The number of fused-ring (bicyclic) bond motifs is 1. The second-order valence-electron chi connectivity index (χ2n) is 6.69. The van der Waals surface area contributed by atoms with Crippen LogP contribution < -0.4 is 10.3 Å². The summed E-state index contributed by atoms with van der Waals surface area (Å²) < 4.78 is 5.21. The monoisotopic (exact) mass is 351 g/mol. The van der Waals surface area contributed by atoms with Gasteiger partial charge in [-0.2, -0.15) is 0 Å². The highest BCUT2D eigenvalue weighted by molar-refractivity contribution is 5.77. The van der Waals surface area contributed by atoms with Crippen LogP contribution in [0.2, 0.25) is 0 Å². The number of H-pyrrole nitrogens is 1. The third-order valence-electron chi connectivity index (χ3n) is 4.59. The smallest absolute Gasteiger partial charge is 0.258 e. The van der Waals surface area contributed by atoms with Gasteiger partial charge in [-0.1, -0.05) is 24.3 Å². The molecular weight excluding hydrogens is 326 g/mol. The third kappa shape index (κ3) is 4.29. The summed E-state index contributed by atoms with van der Waals surface area (Å²) in [6.07, 6.45) is 0.931. The van der Waals surface area contributed by atoms with Gasteiger partial charge in [0, 0.05) is 12.6 Å². The number of hydrogen-bond donors (Lipinski definition) is 1. The Bertz CT molecular complexity index is 916. The topological polar surface area (TPSA) is 58.2 Å². The van der Waals surface area contributed by atoms with Crippen molar-refractivity contribution >= 4 is 10.9 Å². The van der Waals surface area contributed by atoms with Crippen molar-refractivity contribution in [3.63, 3.8) is 0 Å². The van der Waals surface area contributed by atoms with E-state index in [-0.39, 0.29) is 5.56 Å². The summed E-state index contributed by atoms with van der Waals surface area (Å²) in [5.41, 5.74) is 1.92. The fraction of sp³-hybridized carbons (Fsp3) is 0.333. The number of para-hydroxylation sites is 1. The van der Waals surface area contributed by atoms with Crippen LogP contribution in [0.3, 0.4) is 0 Å². The molecule has 136 valence electrons. The Kier molecular flexibility index (Phi) is 5.68. The average molecular weight is 351 g/mol. The van der Waals surface area contributed by atoms with Crippen LogP contribution in [-0.4, -0.2) is 34.6 Å². The van der Waals surface area contributed by atoms with Gasteiger partial charge in [0.2, 0.25) is 0 Å². The Morgan fingerprint density at radius 2 is 1.85 bits per heavy atom. The van der Waals surface area contributed by atoms with E-state index in [1.165, 1.54) is 5.56 Å². The first-order valence-electron chi connectivity index (χ1n) is 8.91. The largest absolute Gasteiger partial charge is 0.497 e. The van der Waals surface area contributed by atoms with Gasteiger partial charge in [0.1, 0.15) is 11.6 Å². The van der Waals surface area contributed by atoms with Crippen LogP contribution >= 0.6 is 0 Å². The zero-order chi connectivity index (χ0) is 18.5. The fourth-order valence-electron chi connectivity index (χ4n) is 2.99. The molecule has 3 aromatic rings. The predicted octanol–water partition coefficient (Wildman–Crippen LogP) is 3.38. The second-order valence-corrected chi connectivity index (χ2v) is 6.69. The van der Waals surface area contributed by atoms with E-state index in [2.05, 4.69) is 40.8 Å². The van der Waals surface area contributed by atoms with Gasteiger partial charge in [-0.3, -0.25) is 9.69 Å². The number of rotatable bonds is 7. The second kappa shape index (κ2) is 8.15. The number of aromatic nitrogens is 2. The molecule has 1 aromatic heterocycles. The third-order valence-corrected chi connectivity index (χ3v) is 4.59. The highest BCUT2D eigenvalue weighted by Crippen LogP contribution is 2.14. The molecule has 0 unspecified atom stereocenters. The molecule has 0 aliphatic heterocycles. The molecule has 0 radical (unpaired) electrons. The van der Waals surface area contributed by atoms with Crippen molar-refractivity contribution in [2.75, 3.05) is 13.7 Å². The lowest BCUT2D eigenvalue weighted by atomic mass is 10.1. The number of methoxy groups -OCH3 is 1. The lowest BCUT2D eigenvalue weighted by Crippen LogP contribution is -2.33. The zero-order valence-electron chi connectivity index (χ0n) is 15.5. The molecule has 26 heavy (non-hydrogen) atoms. The summed E-state index contributed by atoms with van der Waals surface area (Å²) in [6.45, 7) is 5.83. The predicted molar refractivity (Wildman–Crippen MR) is 105 cm³/mol. The van der Waals surface area contributed by atoms with Crippen molar-refractivity contribution in [3.8, 4) is 5.75 Å². The normalized spacial score (nSPS) is 11.4. The summed E-state index contributed by atoms with van der Waals surface area (Å²) in [7, 11) is 1.67. The lowest BCUT2D eigenvalue weighted by molar-refractivity contribution is 0.210. The van der Waals surface area contributed by atoms with E-state index in [0.717, 1.165) is 24.2 Å². The highest BCUT2D eigenvalue weighted by Gasteiger charge is 2.13. The average Bonchev–Trinajstić information content (AvgIpc) is 2.65. The Balaban J connectivity index is 1.73. The molecule has 0 aliphatic carbocycles. The molecule has 0 atom stereocenters. The van der Waals surface area contributed by atoms with Gasteiger partial charge in [0.05, 0.1) is 24.6 Å². The van der Waals surface area contributed by atoms with Gasteiger partial charge in [-0.05, 0) is 50.1 Å². The highest BCUT2D eigenvalue weighted by atomic mass is 16.5. The summed E-state index contributed by atoms with van der Waals surface area (Å²) in [6, 6.07) is 15.9. The molecule has 0 fully saturated rings. The number of nitrogens with one attached hydrogen (secondary N) is 1. The van der Waals surface area contributed by atoms with Crippen molar-refractivity contribution in [1.29, 1.82) is 0 Å². The van der Waals surface area contributed by atoms with E-state index >= 15 is 0 Å². The van der Waals surface area contributed by atoms with Crippen molar-refractivity contribution in [2.24, 2.45) is 0 Å². The van der Waals surface area contributed by atoms with E-state index in [4.69, 9.17) is 4.74 Å². The van der Waals surface area contributed by atoms with Crippen LogP contribution in [0.1, 0.15) is 25.2 Å². The molecule has 1 N–H and O–H groups in total. The zero-order valence-corrected chi connectivity index (χ0v) is 15.5. The minimum absolute atomic E-state index is 0.0792. The van der Waals surface area contributed by atoms with Crippen LogP contribution in [0.4, 0.5) is 0 Å². The van der Waals surface area contributed by atoms with Crippen LogP contribution in [0.15, 0.2) is 53.3 Å². The number of benzene rings is 2. The van der Waals surface area contributed by atoms with Crippen molar-refractivity contribution in [3.05, 3.63) is 70.3 Å². The Morgan fingerprint density at radius 3 is 2.54 bits per heavy atom. The summed E-state index contributed by atoms with van der Waals surface area (Å²) in [5.74, 6) is 1.57. The number of aromatic amines is 1. The molecule has 5 nitrogen and oxygen atoms in total. The van der Waals surface area contributed by atoms with Gasteiger partial charge in [-0.25, -0.2) is 4.98 Å². The molecular formula is C21H25N3O2. The van der Waals surface area contributed by atoms with E-state index in [1.54, 1.807) is 13.2 Å². The van der Waals surface area contributed by atoms with Crippen LogP contribution in [0, 0.1) is 0 Å². The van der Waals surface area contributed by atoms with Crippen molar-refractivity contribution < 1.29 is 4.74 Å². The summed E-state index contributed by atoms with van der Waals surface area (Å²) in [4.78, 5) is 22.1. The van der Waals surface area contributed by atoms with Gasteiger partial charge >= 0.3 is 0 Å². The minimum Gasteiger partial charge on any atom is -0.497 e. The van der Waals surface area contributed by atoms with E-state index in [0.29, 0.717) is 23.8 Å². The maximum atomic E-state index is 12.3. The Morgan fingerprint density at radius 1 is 1.12 bits per heavy atom. The number of nitrogens with zero attached hydrogens (tertiary/aromatic N) is 2. The van der Waals surface area contributed by atoms with E-state index < -0.39 is 0 Å². The minimum atomic E-state index is -0.0792. The maximum Gasteiger partial charge on any atom is 0.258 e. The standard InChI is InChI=1S/C21H25N3O2/c1-15(2)24(13-12-16-8-10-17(26-3)11-9-16)14-20-22-19-7-5-4-6-18(19)21(25)23-20/h4-11,15H,12-14H2,1-3H3,(H,22,23,25). The lowest BCUT2D eigenvalue weighted by Gasteiger charge is -2.26. The Hall–Kier alpha value is -2.66. The molecule has 5 heteroatoms. The van der Waals surface area contributed by atoms with Crippen LogP contribution in [-0.2, 0) is 13.0 Å². The Labute approximate surface area is 153 Å². The van der Waals surface area contributed by atoms with Gasteiger partial charge in [0.25, 0.3) is 5.56 Å². The molecule has 2 aromatic carbocycles. The maximum absolute atomic E-state index is 12.3. The van der Waals surface area contributed by atoms with Gasteiger partial charge < -0.3 is 9.72 Å². The quantitative estimate of drug-likeness (QED) is 0.709. The van der Waals surface area contributed by atoms with E-state index in [1.807, 2.05) is 30.3 Å². The van der Waals surface area contributed by atoms with Crippen molar-refractivity contribution in [1.82, 2.24) is 14.9 Å². The number of hydrogen-bond acceptors (Lipinski definition) is 4. The first-order chi connectivity index (χ1) is 12.6. The molecule has 0 saturated heterocycles. The molecule has 0 bridgehead atoms. The molecule has 3 rings (SSSR count).